The highest BCUT2D eigenvalue weighted by molar-refractivity contribution is 6.25. The molecule has 0 aliphatic carbocycles. The van der Waals surface area contributed by atoms with Gasteiger partial charge in [-0.1, -0.05) is 48.5 Å². The van der Waals surface area contributed by atoms with Gasteiger partial charge in [-0.05, 0) is 40.4 Å². The molecule has 2 fully saturated rings. The maximum Gasteiger partial charge on any atom is 0.147 e. The minimum absolute atomic E-state index is 0.183. The maximum absolute atomic E-state index is 6.58. The summed E-state index contributed by atoms with van der Waals surface area (Å²) in [6.07, 6.45) is 0.375. The normalized spacial score (nSPS) is 19.3. The lowest BCUT2D eigenvalue weighted by atomic mass is 9.97. The molecule has 2 saturated heterocycles. The second-order valence-corrected chi connectivity index (χ2v) is 8.61. The van der Waals surface area contributed by atoms with Crippen LogP contribution in [0.2, 0.25) is 0 Å². The standard InChI is InChI=1S/C28H22O5/c1-2-7-20-19(6-1)21-9-5-11-25(32-16-18-14-30-18)27(21)28-23(20)12-26(33-28)22-8-3-4-10-24(22)31-15-17-13-29-17/h1-12,17-18H,13-16H2. The van der Waals surface area contributed by atoms with Crippen LogP contribution in [0.4, 0.5) is 0 Å². The second kappa shape index (κ2) is 7.51. The average Bonchev–Trinajstić information content (AvgIpc) is 3.80. The fraction of sp³-hybridized carbons (Fsp3) is 0.214. The topological polar surface area (TPSA) is 56.7 Å². The van der Waals surface area contributed by atoms with E-state index in [1.165, 1.54) is 5.39 Å². The lowest BCUT2D eigenvalue weighted by molar-refractivity contribution is 0.263. The van der Waals surface area contributed by atoms with Crippen LogP contribution in [0, 0.1) is 0 Å². The molecular formula is C28H22O5. The predicted octanol–water partition coefficient (Wildman–Crippen LogP) is 5.96. The van der Waals surface area contributed by atoms with Gasteiger partial charge in [0.15, 0.2) is 0 Å². The highest BCUT2D eigenvalue weighted by atomic mass is 16.6. The number of hydrogen-bond acceptors (Lipinski definition) is 5. The molecule has 5 aromatic rings. The van der Waals surface area contributed by atoms with E-state index in [-0.39, 0.29) is 12.2 Å². The highest BCUT2D eigenvalue weighted by Gasteiger charge is 2.26. The van der Waals surface area contributed by atoms with Gasteiger partial charge in [0.2, 0.25) is 0 Å². The Hall–Kier alpha value is -3.54. The molecule has 0 N–H and O–H groups in total. The molecule has 2 aliphatic heterocycles. The number of benzene rings is 4. The molecule has 7 rings (SSSR count). The third-order valence-corrected chi connectivity index (χ3v) is 6.30. The zero-order valence-electron chi connectivity index (χ0n) is 18.0. The van der Waals surface area contributed by atoms with E-state index < -0.39 is 0 Å². The molecule has 4 aromatic carbocycles. The number of fused-ring (bicyclic) bond motifs is 6. The van der Waals surface area contributed by atoms with Gasteiger partial charge in [-0.15, -0.1) is 0 Å². The molecule has 3 heterocycles. The monoisotopic (exact) mass is 438 g/mol. The Morgan fingerprint density at radius 3 is 2.03 bits per heavy atom. The molecule has 2 unspecified atom stereocenters. The Kier molecular flexibility index (Phi) is 4.32. The summed E-state index contributed by atoms with van der Waals surface area (Å²) >= 11 is 0. The lowest BCUT2D eigenvalue weighted by Gasteiger charge is -2.11. The van der Waals surface area contributed by atoms with E-state index in [4.69, 9.17) is 23.4 Å². The Bertz CT molecular complexity index is 1490. The first kappa shape index (κ1) is 19.0. The van der Waals surface area contributed by atoms with E-state index in [0.717, 1.165) is 63.2 Å². The van der Waals surface area contributed by atoms with Crippen LogP contribution in [0.25, 0.3) is 43.8 Å². The molecule has 0 saturated carbocycles. The Morgan fingerprint density at radius 2 is 1.27 bits per heavy atom. The Balaban J connectivity index is 1.44. The van der Waals surface area contributed by atoms with Crippen LogP contribution in [0.1, 0.15) is 0 Å². The summed E-state index contributed by atoms with van der Waals surface area (Å²) in [5.74, 6) is 2.38. The zero-order valence-corrected chi connectivity index (χ0v) is 18.0. The number of furan rings is 1. The number of hydrogen-bond donors (Lipinski definition) is 0. The van der Waals surface area contributed by atoms with Crippen LogP contribution in [-0.4, -0.2) is 38.6 Å². The quantitative estimate of drug-likeness (QED) is 0.232. The number of rotatable bonds is 7. The number of epoxide rings is 2. The zero-order chi connectivity index (χ0) is 21.8. The number of para-hydroxylation sites is 1. The molecule has 2 atom stereocenters. The number of ether oxygens (including phenoxy) is 4. The van der Waals surface area contributed by atoms with Gasteiger partial charge in [-0.25, -0.2) is 0 Å². The summed E-state index contributed by atoms with van der Waals surface area (Å²) < 4.78 is 29.5. The van der Waals surface area contributed by atoms with Crippen molar-refractivity contribution in [3.8, 4) is 22.8 Å². The Labute approximate surface area is 190 Å². The molecule has 0 amide bonds. The average molecular weight is 438 g/mol. The van der Waals surface area contributed by atoms with Gasteiger partial charge in [-0.3, -0.25) is 0 Å². The summed E-state index contributed by atoms with van der Waals surface area (Å²) in [4.78, 5) is 0. The fourth-order valence-corrected chi connectivity index (χ4v) is 4.46. The van der Waals surface area contributed by atoms with Gasteiger partial charge >= 0.3 is 0 Å². The van der Waals surface area contributed by atoms with Crippen molar-refractivity contribution in [2.45, 2.75) is 12.2 Å². The highest BCUT2D eigenvalue weighted by Crippen LogP contribution is 2.44. The SMILES string of the molecule is c1ccc(-c2cc3c4ccccc4c4cccc(OCC5CO5)c4c3o2)c(OCC2CO2)c1. The minimum Gasteiger partial charge on any atom is -0.490 e. The summed E-state index contributed by atoms with van der Waals surface area (Å²) in [5, 5.41) is 5.50. The van der Waals surface area contributed by atoms with Crippen LogP contribution in [-0.2, 0) is 9.47 Å². The molecule has 1 aromatic heterocycles. The van der Waals surface area contributed by atoms with E-state index in [1.54, 1.807) is 0 Å². The first-order valence-electron chi connectivity index (χ1n) is 11.3. The third-order valence-electron chi connectivity index (χ3n) is 6.30. The van der Waals surface area contributed by atoms with Crippen LogP contribution in [0.15, 0.2) is 77.2 Å². The van der Waals surface area contributed by atoms with E-state index >= 15 is 0 Å². The van der Waals surface area contributed by atoms with Gasteiger partial charge in [-0.2, -0.15) is 0 Å². The van der Waals surface area contributed by atoms with Crippen molar-refractivity contribution >= 4 is 32.5 Å². The smallest absolute Gasteiger partial charge is 0.147 e. The van der Waals surface area contributed by atoms with Crippen LogP contribution in [0.5, 0.6) is 11.5 Å². The van der Waals surface area contributed by atoms with Crippen LogP contribution in [0.3, 0.4) is 0 Å². The molecule has 0 radical (unpaired) electrons. The van der Waals surface area contributed by atoms with Crippen molar-refractivity contribution < 1.29 is 23.4 Å². The van der Waals surface area contributed by atoms with E-state index in [0.29, 0.717) is 13.2 Å². The summed E-state index contributed by atoms with van der Waals surface area (Å²) in [7, 11) is 0. The van der Waals surface area contributed by atoms with Gasteiger partial charge in [0.05, 0.1) is 24.2 Å². The first-order valence-corrected chi connectivity index (χ1v) is 11.3. The summed E-state index contributed by atoms with van der Waals surface area (Å²) in [6.45, 7) is 2.61. The van der Waals surface area contributed by atoms with E-state index in [1.807, 2.05) is 36.4 Å². The van der Waals surface area contributed by atoms with Gasteiger partial charge in [0.25, 0.3) is 0 Å². The van der Waals surface area contributed by atoms with Crippen molar-refractivity contribution in [2.75, 3.05) is 26.4 Å². The molecule has 164 valence electrons. The fourth-order valence-electron chi connectivity index (χ4n) is 4.46. The molecule has 5 nitrogen and oxygen atoms in total. The Morgan fingerprint density at radius 1 is 0.667 bits per heavy atom. The predicted molar refractivity (Wildman–Crippen MR) is 127 cm³/mol. The van der Waals surface area contributed by atoms with Crippen molar-refractivity contribution in [2.24, 2.45) is 0 Å². The maximum atomic E-state index is 6.58. The van der Waals surface area contributed by atoms with E-state index in [2.05, 4.69) is 36.4 Å². The molecule has 2 aliphatic rings. The molecule has 33 heavy (non-hydrogen) atoms. The largest absolute Gasteiger partial charge is 0.490 e. The summed E-state index contributed by atoms with van der Waals surface area (Å²) in [5.41, 5.74) is 1.75. The van der Waals surface area contributed by atoms with Gasteiger partial charge in [0, 0.05) is 5.39 Å². The van der Waals surface area contributed by atoms with Crippen molar-refractivity contribution in [1.82, 2.24) is 0 Å². The summed E-state index contributed by atoms with van der Waals surface area (Å²) in [6, 6.07) is 24.7. The first-order chi connectivity index (χ1) is 16.3. The van der Waals surface area contributed by atoms with Crippen molar-refractivity contribution in [3.05, 3.63) is 72.8 Å². The van der Waals surface area contributed by atoms with Gasteiger partial charge in [0.1, 0.15) is 48.3 Å². The van der Waals surface area contributed by atoms with E-state index in [9.17, 15) is 0 Å². The van der Waals surface area contributed by atoms with Gasteiger partial charge < -0.3 is 23.4 Å². The lowest BCUT2D eigenvalue weighted by Crippen LogP contribution is -2.04. The minimum atomic E-state index is 0.183. The van der Waals surface area contributed by atoms with Crippen LogP contribution >= 0.6 is 0 Å². The second-order valence-electron chi connectivity index (χ2n) is 8.61. The van der Waals surface area contributed by atoms with Crippen molar-refractivity contribution in [3.63, 3.8) is 0 Å². The van der Waals surface area contributed by atoms with Crippen molar-refractivity contribution in [1.29, 1.82) is 0 Å². The van der Waals surface area contributed by atoms with Crippen LogP contribution < -0.4 is 9.47 Å². The molecule has 5 heteroatoms. The molecular weight excluding hydrogens is 416 g/mol. The molecule has 0 spiro atoms. The molecule has 0 bridgehead atoms. The third kappa shape index (κ3) is 3.41.